The van der Waals surface area contributed by atoms with Crippen LogP contribution in [0, 0.1) is 0 Å². The lowest BCUT2D eigenvalue weighted by Gasteiger charge is -2.15. The van der Waals surface area contributed by atoms with Gasteiger partial charge < -0.3 is 23.9 Å². The van der Waals surface area contributed by atoms with Crippen molar-refractivity contribution in [1.82, 2.24) is 0 Å². The van der Waals surface area contributed by atoms with Gasteiger partial charge in [0.2, 0.25) is 11.0 Å². The lowest BCUT2D eigenvalue weighted by Crippen LogP contribution is -3.00. The van der Waals surface area contributed by atoms with Gasteiger partial charge in [-0.2, -0.15) is 4.57 Å². The number of benzene rings is 3. The quantitative estimate of drug-likeness (QED) is 0.169. The van der Waals surface area contributed by atoms with E-state index >= 15 is 0 Å². The van der Waals surface area contributed by atoms with Crippen LogP contribution in [0.3, 0.4) is 0 Å². The number of carbonyl (C=O) groups excluding carboxylic acids is 1. The largest absolute Gasteiger partial charge is 1.00 e. The van der Waals surface area contributed by atoms with E-state index in [4.69, 9.17) is 11.5 Å². The SMILES string of the molecule is C=CC[n+]1c2ccccc2c(-c2ccc(N)cc2)c2c(C(=O)[C@H](C)N)cccc21.[Cl-]. The Morgan fingerprint density at radius 2 is 1.70 bits per heavy atom. The summed E-state index contributed by atoms with van der Waals surface area (Å²) in [5.74, 6) is -0.0762. The molecule has 0 radical (unpaired) electrons. The van der Waals surface area contributed by atoms with Crippen LogP contribution in [-0.2, 0) is 6.54 Å². The number of hydrogen-bond acceptors (Lipinski definition) is 3. The maximum absolute atomic E-state index is 13.0. The second-order valence-corrected chi connectivity index (χ2v) is 7.27. The number of pyridine rings is 1. The van der Waals surface area contributed by atoms with E-state index in [-0.39, 0.29) is 18.2 Å². The number of nitrogens with zero attached hydrogens (tertiary/aromatic N) is 1. The molecule has 152 valence electrons. The van der Waals surface area contributed by atoms with Gasteiger partial charge in [0.05, 0.1) is 16.8 Å². The van der Waals surface area contributed by atoms with E-state index in [2.05, 4.69) is 23.3 Å². The highest BCUT2D eigenvalue weighted by Gasteiger charge is 2.25. The first-order valence-corrected chi connectivity index (χ1v) is 9.66. The monoisotopic (exact) mass is 417 g/mol. The Morgan fingerprint density at radius 1 is 1.03 bits per heavy atom. The summed E-state index contributed by atoms with van der Waals surface area (Å²) < 4.78 is 2.19. The van der Waals surface area contributed by atoms with Crippen LogP contribution in [0.5, 0.6) is 0 Å². The molecule has 0 spiro atoms. The second kappa shape index (κ2) is 8.66. The summed E-state index contributed by atoms with van der Waals surface area (Å²) in [4.78, 5) is 13.0. The molecule has 1 aromatic heterocycles. The molecule has 0 aliphatic heterocycles. The Labute approximate surface area is 182 Å². The van der Waals surface area contributed by atoms with Crippen molar-refractivity contribution < 1.29 is 21.8 Å². The molecule has 0 bridgehead atoms. The molecule has 0 aliphatic carbocycles. The molecule has 1 atom stereocenters. The Morgan fingerprint density at radius 3 is 2.37 bits per heavy atom. The van der Waals surface area contributed by atoms with Crippen molar-refractivity contribution in [2.24, 2.45) is 5.73 Å². The van der Waals surface area contributed by atoms with Gasteiger partial charge in [-0.05, 0) is 36.8 Å². The number of halogens is 1. The number of nitrogens with two attached hydrogens (primary N) is 2. The number of allylic oxidation sites excluding steroid dienone is 1. The molecule has 5 heteroatoms. The molecule has 4 rings (SSSR count). The van der Waals surface area contributed by atoms with E-state index in [1.165, 1.54) is 0 Å². The minimum absolute atomic E-state index is 0. The van der Waals surface area contributed by atoms with Crippen LogP contribution in [0.1, 0.15) is 17.3 Å². The van der Waals surface area contributed by atoms with Crippen molar-refractivity contribution in [2.45, 2.75) is 19.5 Å². The predicted molar refractivity (Wildman–Crippen MR) is 120 cm³/mol. The smallest absolute Gasteiger partial charge is 0.214 e. The van der Waals surface area contributed by atoms with E-state index in [1.807, 2.05) is 60.7 Å². The summed E-state index contributed by atoms with van der Waals surface area (Å²) in [5.41, 5.74) is 17.3. The van der Waals surface area contributed by atoms with Crippen molar-refractivity contribution in [3.63, 3.8) is 0 Å². The molecule has 0 fully saturated rings. The molecule has 4 N–H and O–H groups in total. The van der Waals surface area contributed by atoms with E-state index in [9.17, 15) is 4.79 Å². The Bertz CT molecular complexity index is 1250. The maximum Gasteiger partial charge on any atom is 0.214 e. The van der Waals surface area contributed by atoms with Gasteiger partial charge in [0.15, 0.2) is 12.3 Å². The number of Topliss-reactive ketones (excluding diaryl/α,β-unsaturated/α-hetero) is 1. The number of rotatable bonds is 5. The highest BCUT2D eigenvalue weighted by Crippen LogP contribution is 2.36. The van der Waals surface area contributed by atoms with Gasteiger partial charge in [-0.25, -0.2) is 0 Å². The summed E-state index contributed by atoms with van der Waals surface area (Å²) in [6.07, 6.45) is 1.87. The number of carbonyl (C=O) groups is 1. The third-order valence-electron chi connectivity index (χ3n) is 5.24. The van der Waals surface area contributed by atoms with E-state index in [0.717, 1.165) is 32.9 Å². The molecule has 0 amide bonds. The fraction of sp³-hybridized carbons (Fsp3) is 0.120. The van der Waals surface area contributed by atoms with Gasteiger partial charge in [0, 0.05) is 28.9 Å². The normalized spacial score (nSPS) is 11.8. The van der Waals surface area contributed by atoms with Crippen molar-refractivity contribution in [3.8, 4) is 11.1 Å². The molecule has 0 aliphatic rings. The van der Waals surface area contributed by atoms with Crippen molar-refractivity contribution in [2.75, 3.05) is 5.73 Å². The zero-order valence-electron chi connectivity index (χ0n) is 16.8. The van der Waals surface area contributed by atoms with Gasteiger partial charge in [-0.15, -0.1) is 0 Å². The molecule has 4 aromatic rings. The third-order valence-corrected chi connectivity index (χ3v) is 5.24. The van der Waals surface area contributed by atoms with Gasteiger partial charge in [0.25, 0.3) is 0 Å². The Balaban J connectivity index is 0.00000256. The number of hydrogen-bond donors (Lipinski definition) is 2. The van der Waals surface area contributed by atoms with Crippen molar-refractivity contribution >= 4 is 33.3 Å². The van der Waals surface area contributed by atoms with Crippen LogP contribution in [0.4, 0.5) is 5.69 Å². The molecular weight excluding hydrogens is 394 g/mol. The molecule has 1 heterocycles. The Hall–Kier alpha value is -3.21. The van der Waals surface area contributed by atoms with E-state index in [1.54, 1.807) is 6.92 Å². The number of fused-ring (bicyclic) bond motifs is 2. The molecule has 0 saturated heterocycles. The first-order valence-electron chi connectivity index (χ1n) is 9.66. The van der Waals surface area contributed by atoms with Crippen LogP contribution >= 0.6 is 0 Å². The molecule has 30 heavy (non-hydrogen) atoms. The molecular formula is C25H24ClN3O. The number of anilines is 1. The maximum atomic E-state index is 13.0. The topological polar surface area (TPSA) is 73.0 Å². The summed E-state index contributed by atoms with van der Waals surface area (Å²) in [6, 6.07) is 21.2. The van der Waals surface area contributed by atoms with Crippen LogP contribution in [-0.4, -0.2) is 11.8 Å². The predicted octanol–water partition coefficient (Wildman–Crippen LogP) is 1.25. The third kappa shape index (κ3) is 3.56. The van der Waals surface area contributed by atoms with Gasteiger partial charge >= 0.3 is 0 Å². The molecule has 4 nitrogen and oxygen atoms in total. The van der Waals surface area contributed by atoms with Crippen LogP contribution in [0.25, 0.3) is 32.9 Å². The van der Waals surface area contributed by atoms with E-state index < -0.39 is 6.04 Å². The van der Waals surface area contributed by atoms with Crippen molar-refractivity contribution in [1.29, 1.82) is 0 Å². The zero-order valence-corrected chi connectivity index (χ0v) is 17.6. The van der Waals surface area contributed by atoms with E-state index in [0.29, 0.717) is 17.8 Å². The number of ketones is 1. The standard InChI is InChI=1S/C25H23N3O.ClH/c1-3-15-28-21-9-5-4-7-19(21)23(17-11-13-18(27)14-12-17)24-20(25(29)16(2)26)8-6-10-22(24)28;/h3-14,16,27H,1,15,26H2,2H3;1H/t16-;/m0./s1. The summed E-state index contributed by atoms with van der Waals surface area (Å²) >= 11 is 0. The first kappa shape index (κ1) is 21.5. The first-order chi connectivity index (χ1) is 14.0. The number of aromatic nitrogens is 1. The van der Waals surface area contributed by atoms with Crippen LogP contribution < -0.4 is 28.4 Å². The summed E-state index contributed by atoms with van der Waals surface area (Å²) in [7, 11) is 0. The lowest BCUT2D eigenvalue weighted by atomic mass is 9.90. The Kier molecular flexibility index (Phi) is 6.20. The molecule has 3 aromatic carbocycles. The molecule has 0 unspecified atom stereocenters. The fourth-order valence-corrected chi connectivity index (χ4v) is 3.94. The van der Waals surface area contributed by atoms with Gasteiger partial charge in [-0.3, -0.25) is 4.79 Å². The van der Waals surface area contributed by atoms with Gasteiger partial charge in [0.1, 0.15) is 0 Å². The molecule has 0 saturated carbocycles. The van der Waals surface area contributed by atoms with Gasteiger partial charge in [-0.1, -0.05) is 43.0 Å². The number of nitrogen functional groups attached to an aromatic ring is 1. The van der Waals surface area contributed by atoms with Crippen LogP contribution in [0.15, 0.2) is 79.4 Å². The number of para-hydroxylation sites is 1. The average molecular weight is 418 g/mol. The van der Waals surface area contributed by atoms with Crippen LogP contribution in [0.2, 0.25) is 0 Å². The summed E-state index contributed by atoms with van der Waals surface area (Å²) in [6.45, 7) is 6.28. The average Bonchev–Trinajstić information content (AvgIpc) is 2.73. The minimum Gasteiger partial charge on any atom is -1.00 e. The highest BCUT2D eigenvalue weighted by molar-refractivity contribution is 6.17. The highest BCUT2D eigenvalue weighted by atomic mass is 35.5. The lowest BCUT2D eigenvalue weighted by molar-refractivity contribution is -0.634. The zero-order chi connectivity index (χ0) is 20.5. The summed E-state index contributed by atoms with van der Waals surface area (Å²) in [5, 5.41) is 1.97. The minimum atomic E-state index is -0.584. The van der Waals surface area contributed by atoms with Crippen molar-refractivity contribution in [3.05, 3.63) is 84.9 Å². The second-order valence-electron chi connectivity index (χ2n) is 7.27. The fourth-order valence-electron chi connectivity index (χ4n) is 3.94.